The van der Waals surface area contributed by atoms with Crippen LogP contribution in [0.2, 0.25) is 0 Å². The first-order valence-electron chi connectivity index (χ1n) is 5.92. The molecule has 1 aliphatic rings. The van der Waals surface area contributed by atoms with E-state index in [0.29, 0.717) is 12.8 Å². The molecule has 2 rings (SSSR count). The molecule has 9 heteroatoms. The summed E-state index contributed by atoms with van der Waals surface area (Å²) in [6.07, 6.45) is 5.04. The van der Waals surface area contributed by atoms with Crippen molar-refractivity contribution in [1.82, 2.24) is 14.3 Å². The molecule has 19 heavy (non-hydrogen) atoms. The predicted octanol–water partition coefficient (Wildman–Crippen LogP) is -0.386. The third-order valence-electron chi connectivity index (χ3n) is 3.27. The number of nitrogens with two attached hydrogens (primary N) is 1. The summed E-state index contributed by atoms with van der Waals surface area (Å²) in [5.74, 6) is -0.213. The molecule has 0 bridgehead atoms. The van der Waals surface area contributed by atoms with Gasteiger partial charge in [0.15, 0.2) is 5.03 Å². The zero-order valence-corrected chi connectivity index (χ0v) is 11.3. The van der Waals surface area contributed by atoms with Gasteiger partial charge in [-0.1, -0.05) is 11.6 Å². The van der Waals surface area contributed by atoms with E-state index in [1.54, 1.807) is 11.6 Å². The molecule has 0 radical (unpaired) electrons. The number of imidazole rings is 1. The Labute approximate surface area is 111 Å². The van der Waals surface area contributed by atoms with Crippen LogP contribution in [0.4, 0.5) is 0 Å². The molecule has 8 nitrogen and oxygen atoms in total. The van der Waals surface area contributed by atoms with E-state index >= 15 is 0 Å². The van der Waals surface area contributed by atoms with Crippen LogP contribution >= 0.6 is 0 Å². The van der Waals surface area contributed by atoms with E-state index in [0.717, 1.165) is 6.42 Å². The number of nitrogens with zero attached hydrogens (tertiary/aromatic N) is 3. The third kappa shape index (κ3) is 2.87. The zero-order chi connectivity index (χ0) is 14.0. The molecule has 0 aliphatic heterocycles. The Bertz CT molecular complexity index is 580. The summed E-state index contributed by atoms with van der Waals surface area (Å²) < 4.78 is 28.4. The van der Waals surface area contributed by atoms with Crippen molar-refractivity contribution < 1.29 is 13.6 Å². The Morgan fingerprint density at radius 2 is 2.37 bits per heavy atom. The molecule has 1 aliphatic carbocycles. The second-order valence-corrected chi connectivity index (χ2v) is 6.33. The van der Waals surface area contributed by atoms with E-state index in [1.165, 1.54) is 12.5 Å². The van der Waals surface area contributed by atoms with Crippen LogP contribution in [0, 0.1) is 5.92 Å². The normalized spacial score (nSPS) is 24.8. The lowest BCUT2D eigenvalue weighted by Crippen LogP contribution is -2.42. The summed E-state index contributed by atoms with van der Waals surface area (Å²) in [4.78, 5) is 3.82. The second kappa shape index (κ2) is 5.17. The highest BCUT2D eigenvalue weighted by molar-refractivity contribution is 7.89. The predicted molar refractivity (Wildman–Crippen MR) is 68.1 cm³/mol. The molecule has 1 saturated carbocycles. The number of hydrogen-bond acceptors (Lipinski definition) is 5. The number of aryl methyl sites for hydroxylation is 1. The highest BCUT2D eigenvalue weighted by Gasteiger charge is 2.34. The first-order chi connectivity index (χ1) is 8.94. The van der Waals surface area contributed by atoms with E-state index in [1.807, 2.05) is 0 Å². The fraction of sp³-hybridized carbons (Fsp3) is 0.600. The van der Waals surface area contributed by atoms with Crippen LogP contribution < -0.4 is 10.5 Å². The van der Waals surface area contributed by atoms with Crippen molar-refractivity contribution in [2.45, 2.75) is 30.3 Å². The zero-order valence-electron chi connectivity index (χ0n) is 10.5. The molecule has 0 saturated heterocycles. The van der Waals surface area contributed by atoms with Crippen LogP contribution in [0.3, 0.4) is 0 Å². The molecule has 106 valence electrons. The molecular formula is C10H17N5O3S. The minimum atomic E-state index is -3.67. The molecule has 1 aromatic heterocycles. The first kappa shape index (κ1) is 13.8. The molecule has 0 spiro atoms. The van der Waals surface area contributed by atoms with Gasteiger partial charge in [-0.3, -0.25) is 0 Å². The summed E-state index contributed by atoms with van der Waals surface area (Å²) in [5.41, 5.74) is 5.58. The van der Waals surface area contributed by atoms with Crippen molar-refractivity contribution in [2.24, 2.45) is 23.9 Å². The summed E-state index contributed by atoms with van der Waals surface area (Å²) in [7, 11) is -1.98. The maximum absolute atomic E-state index is 12.1. The fourth-order valence-electron chi connectivity index (χ4n) is 2.32. The van der Waals surface area contributed by atoms with Crippen molar-refractivity contribution in [3.8, 4) is 0 Å². The third-order valence-corrected chi connectivity index (χ3v) is 4.65. The number of oxime groups is 1. The highest BCUT2D eigenvalue weighted by atomic mass is 32.2. The van der Waals surface area contributed by atoms with Crippen LogP contribution in [-0.2, 0) is 17.1 Å². The monoisotopic (exact) mass is 287 g/mol. The van der Waals surface area contributed by atoms with Crippen LogP contribution in [0.25, 0.3) is 0 Å². The molecule has 1 aromatic rings. The lowest BCUT2D eigenvalue weighted by Gasteiger charge is -2.18. The van der Waals surface area contributed by atoms with Gasteiger partial charge in [-0.2, -0.15) is 0 Å². The highest BCUT2D eigenvalue weighted by Crippen LogP contribution is 2.27. The standard InChI is InChI=1S/C10H17N5O3S/c1-15-5-9(12-6-15)19(17,18)14-8-4-2-3-7(8)10(11)13-16/h5-8,14,16H,2-4H2,1H3,(H2,11,13). The Balaban J connectivity index is 2.16. The molecule has 1 heterocycles. The van der Waals surface area contributed by atoms with Crippen molar-refractivity contribution >= 4 is 15.9 Å². The average Bonchev–Trinajstić information content (AvgIpc) is 2.97. The number of hydrogen-bond donors (Lipinski definition) is 3. The van der Waals surface area contributed by atoms with Gasteiger partial charge in [0.2, 0.25) is 0 Å². The Morgan fingerprint density at radius 1 is 1.63 bits per heavy atom. The fourth-order valence-corrected chi connectivity index (χ4v) is 3.61. The average molecular weight is 287 g/mol. The molecule has 0 aromatic carbocycles. The first-order valence-corrected chi connectivity index (χ1v) is 7.40. The topological polar surface area (TPSA) is 123 Å². The molecule has 4 N–H and O–H groups in total. The van der Waals surface area contributed by atoms with Crippen LogP contribution in [0.1, 0.15) is 19.3 Å². The second-order valence-electron chi connectivity index (χ2n) is 4.67. The van der Waals surface area contributed by atoms with Gasteiger partial charge in [-0.05, 0) is 12.8 Å². The van der Waals surface area contributed by atoms with E-state index in [4.69, 9.17) is 10.9 Å². The molecule has 2 atom stereocenters. The quantitative estimate of drug-likeness (QED) is 0.301. The van der Waals surface area contributed by atoms with Gasteiger partial charge >= 0.3 is 0 Å². The lowest BCUT2D eigenvalue weighted by molar-refractivity contribution is 0.312. The van der Waals surface area contributed by atoms with Crippen molar-refractivity contribution in [3.05, 3.63) is 12.5 Å². The Morgan fingerprint density at radius 3 is 2.95 bits per heavy atom. The van der Waals surface area contributed by atoms with Crippen molar-refractivity contribution in [1.29, 1.82) is 0 Å². The van der Waals surface area contributed by atoms with Gasteiger partial charge in [0, 0.05) is 25.2 Å². The number of aromatic nitrogens is 2. The summed E-state index contributed by atoms with van der Waals surface area (Å²) >= 11 is 0. The van der Waals surface area contributed by atoms with Gasteiger partial charge in [0.25, 0.3) is 10.0 Å². The molecule has 1 fully saturated rings. The van der Waals surface area contributed by atoms with Crippen LogP contribution in [0.5, 0.6) is 0 Å². The minimum absolute atomic E-state index is 0.0276. The number of amidine groups is 1. The molecule has 0 amide bonds. The summed E-state index contributed by atoms with van der Waals surface area (Å²) in [6, 6.07) is -0.358. The summed E-state index contributed by atoms with van der Waals surface area (Å²) in [5, 5.41) is 11.6. The lowest BCUT2D eigenvalue weighted by atomic mass is 10.0. The van der Waals surface area contributed by atoms with Gasteiger partial charge in [-0.25, -0.2) is 18.1 Å². The van der Waals surface area contributed by atoms with Crippen molar-refractivity contribution in [2.75, 3.05) is 0 Å². The van der Waals surface area contributed by atoms with Gasteiger partial charge < -0.3 is 15.5 Å². The van der Waals surface area contributed by atoms with E-state index in [9.17, 15) is 8.42 Å². The SMILES string of the molecule is Cn1cnc(S(=O)(=O)NC2CCCC2/C(N)=N/O)c1. The largest absolute Gasteiger partial charge is 0.409 e. The van der Waals surface area contributed by atoms with Crippen LogP contribution in [-0.4, -0.2) is 35.1 Å². The molecule has 2 unspecified atom stereocenters. The summed E-state index contributed by atoms with van der Waals surface area (Å²) in [6.45, 7) is 0. The van der Waals surface area contributed by atoms with Crippen molar-refractivity contribution in [3.63, 3.8) is 0 Å². The van der Waals surface area contributed by atoms with Gasteiger partial charge in [-0.15, -0.1) is 0 Å². The van der Waals surface area contributed by atoms with Gasteiger partial charge in [0.1, 0.15) is 5.84 Å². The smallest absolute Gasteiger partial charge is 0.259 e. The maximum atomic E-state index is 12.1. The Hall–Kier alpha value is -1.61. The van der Waals surface area contributed by atoms with Gasteiger partial charge in [0.05, 0.1) is 6.33 Å². The molecular weight excluding hydrogens is 270 g/mol. The minimum Gasteiger partial charge on any atom is -0.409 e. The van der Waals surface area contributed by atoms with E-state index in [-0.39, 0.29) is 22.8 Å². The number of sulfonamides is 1. The number of rotatable bonds is 4. The maximum Gasteiger partial charge on any atom is 0.259 e. The van der Waals surface area contributed by atoms with E-state index in [2.05, 4.69) is 14.9 Å². The Kier molecular flexibility index (Phi) is 3.76. The van der Waals surface area contributed by atoms with Crippen LogP contribution in [0.15, 0.2) is 22.7 Å². The van der Waals surface area contributed by atoms with E-state index < -0.39 is 10.0 Å². The number of nitrogens with one attached hydrogen (secondary N) is 1.